The van der Waals surface area contributed by atoms with Crippen LogP contribution in [-0.4, -0.2) is 0 Å². The number of benzene rings is 3. The first-order valence-corrected chi connectivity index (χ1v) is 8.90. The van der Waals surface area contributed by atoms with Gasteiger partial charge in [-0.1, -0.05) is 53.6 Å². The Morgan fingerprint density at radius 2 is 1.56 bits per heavy atom. The Kier molecular flexibility index (Phi) is 8.11. The van der Waals surface area contributed by atoms with Crippen LogP contribution in [0.15, 0.2) is 66.7 Å². The maximum absolute atomic E-state index is 13.0. The molecule has 3 aromatic rings. The maximum Gasteiger partial charge on any atom is 0.124 e. The van der Waals surface area contributed by atoms with Crippen LogP contribution in [0.1, 0.15) is 22.3 Å². The Morgan fingerprint density at radius 1 is 0.889 bits per heavy atom. The highest BCUT2D eigenvalue weighted by atomic mass is 35.5. The van der Waals surface area contributed by atoms with Crippen molar-refractivity contribution in [2.75, 3.05) is 0 Å². The van der Waals surface area contributed by atoms with Crippen molar-refractivity contribution in [1.82, 2.24) is 5.32 Å². The van der Waals surface area contributed by atoms with E-state index < -0.39 is 0 Å². The molecule has 5 heteroatoms. The topological polar surface area (TPSA) is 21.3 Å². The molecular weight excluding hydrogens is 384 g/mol. The summed E-state index contributed by atoms with van der Waals surface area (Å²) < 4.78 is 18.9. The molecule has 2 nitrogen and oxygen atoms in total. The smallest absolute Gasteiger partial charge is 0.124 e. The summed E-state index contributed by atoms with van der Waals surface area (Å²) >= 11 is 6.14. The van der Waals surface area contributed by atoms with Crippen LogP contribution < -0.4 is 10.1 Å². The van der Waals surface area contributed by atoms with Crippen molar-refractivity contribution >= 4 is 24.0 Å². The average Bonchev–Trinajstić information content (AvgIpc) is 2.64. The summed E-state index contributed by atoms with van der Waals surface area (Å²) in [5.41, 5.74) is 4.39. The van der Waals surface area contributed by atoms with Crippen molar-refractivity contribution in [1.29, 1.82) is 0 Å². The van der Waals surface area contributed by atoms with E-state index in [0.717, 1.165) is 23.4 Å². The van der Waals surface area contributed by atoms with Crippen molar-refractivity contribution < 1.29 is 9.13 Å². The highest BCUT2D eigenvalue weighted by molar-refractivity contribution is 6.30. The summed E-state index contributed by atoms with van der Waals surface area (Å²) in [6, 6.07) is 20.3. The van der Waals surface area contributed by atoms with Crippen LogP contribution in [0, 0.1) is 12.7 Å². The molecule has 0 fully saturated rings. The van der Waals surface area contributed by atoms with Crippen LogP contribution in [0.4, 0.5) is 4.39 Å². The number of hydrogen-bond acceptors (Lipinski definition) is 2. The Balaban J connectivity index is 0.00000261. The lowest BCUT2D eigenvalue weighted by molar-refractivity contribution is 0.302. The monoisotopic (exact) mass is 405 g/mol. The quantitative estimate of drug-likeness (QED) is 0.514. The van der Waals surface area contributed by atoms with E-state index in [2.05, 4.69) is 36.5 Å². The van der Waals surface area contributed by atoms with Gasteiger partial charge in [0.05, 0.1) is 0 Å². The number of nitrogens with one attached hydrogen (secondary N) is 1. The Bertz CT molecular complexity index is 851. The number of ether oxygens (including phenoxy) is 1. The predicted octanol–water partition coefficient (Wildman–Crippen LogP) is 6.08. The second-order valence-corrected chi connectivity index (χ2v) is 6.69. The normalized spacial score (nSPS) is 10.3. The summed E-state index contributed by atoms with van der Waals surface area (Å²) in [6.07, 6.45) is 0. The van der Waals surface area contributed by atoms with E-state index >= 15 is 0 Å². The second-order valence-electron chi connectivity index (χ2n) is 6.26. The largest absolute Gasteiger partial charge is 0.489 e. The molecule has 3 aromatic carbocycles. The number of hydrogen-bond donors (Lipinski definition) is 1. The molecule has 0 aliphatic rings. The van der Waals surface area contributed by atoms with Crippen molar-refractivity contribution in [3.05, 3.63) is 99.8 Å². The van der Waals surface area contributed by atoms with E-state index in [-0.39, 0.29) is 18.2 Å². The van der Waals surface area contributed by atoms with Crippen LogP contribution in [-0.2, 0) is 19.7 Å². The van der Waals surface area contributed by atoms with Gasteiger partial charge in [0.15, 0.2) is 0 Å². The summed E-state index contributed by atoms with van der Waals surface area (Å²) in [5.74, 6) is 0.524. The van der Waals surface area contributed by atoms with Gasteiger partial charge in [-0.15, -0.1) is 12.4 Å². The van der Waals surface area contributed by atoms with Gasteiger partial charge < -0.3 is 10.1 Å². The van der Waals surface area contributed by atoms with E-state index in [1.165, 1.54) is 23.3 Å². The zero-order valence-corrected chi connectivity index (χ0v) is 16.6. The third-order valence-electron chi connectivity index (χ3n) is 4.10. The molecule has 0 spiro atoms. The first-order chi connectivity index (χ1) is 12.6. The molecule has 0 aromatic heterocycles. The van der Waals surface area contributed by atoms with Gasteiger partial charge in [0.2, 0.25) is 0 Å². The molecule has 0 saturated heterocycles. The van der Waals surface area contributed by atoms with Crippen LogP contribution in [0.5, 0.6) is 5.75 Å². The fraction of sp³-hybridized carbons (Fsp3) is 0.182. The van der Waals surface area contributed by atoms with Crippen LogP contribution >= 0.6 is 24.0 Å². The van der Waals surface area contributed by atoms with Gasteiger partial charge in [-0.05, 0) is 48.4 Å². The molecule has 0 bridgehead atoms. The van der Waals surface area contributed by atoms with Crippen LogP contribution in [0.25, 0.3) is 0 Å². The molecule has 0 aliphatic heterocycles. The summed E-state index contributed by atoms with van der Waals surface area (Å²) in [5, 5.41) is 4.09. The Labute approximate surface area is 170 Å². The van der Waals surface area contributed by atoms with E-state index in [4.69, 9.17) is 16.3 Å². The lowest BCUT2D eigenvalue weighted by Crippen LogP contribution is -2.13. The minimum Gasteiger partial charge on any atom is -0.489 e. The summed E-state index contributed by atoms with van der Waals surface area (Å²) in [4.78, 5) is 0. The van der Waals surface area contributed by atoms with E-state index in [1.807, 2.05) is 18.2 Å². The minimum absolute atomic E-state index is 0. The lowest BCUT2D eigenvalue weighted by Gasteiger charge is -2.13. The molecule has 0 radical (unpaired) electrons. The van der Waals surface area contributed by atoms with Gasteiger partial charge in [-0.25, -0.2) is 4.39 Å². The van der Waals surface area contributed by atoms with E-state index in [0.29, 0.717) is 18.2 Å². The fourth-order valence-corrected chi connectivity index (χ4v) is 2.81. The molecular formula is C22H22Cl2FNO. The molecule has 27 heavy (non-hydrogen) atoms. The molecule has 0 unspecified atom stereocenters. The van der Waals surface area contributed by atoms with Gasteiger partial charge in [-0.3, -0.25) is 0 Å². The SMILES string of the molecule is Cc1ccc(CNCc2cc(Cl)ccc2OCc2ccc(F)cc2)cc1.Cl. The van der Waals surface area contributed by atoms with E-state index in [9.17, 15) is 4.39 Å². The maximum atomic E-state index is 13.0. The summed E-state index contributed by atoms with van der Waals surface area (Å²) in [6.45, 7) is 3.87. The predicted molar refractivity (Wildman–Crippen MR) is 111 cm³/mol. The second kappa shape index (κ2) is 10.3. The van der Waals surface area contributed by atoms with E-state index in [1.54, 1.807) is 12.1 Å². The number of halogens is 3. The Hall–Kier alpha value is -2.07. The molecule has 1 N–H and O–H groups in total. The van der Waals surface area contributed by atoms with Gasteiger partial charge in [0, 0.05) is 23.7 Å². The zero-order valence-electron chi connectivity index (χ0n) is 15.0. The average molecular weight is 406 g/mol. The highest BCUT2D eigenvalue weighted by Crippen LogP contribution is 2.24. The van der Waals surface area contributed by atoms with Crippen molar-refractivity contribution in [3.63, 3.8) is 0 Å². The summed E-state index contributed by atoms with van der Waals surface area (Å²) in [7, 11) is 0. The molecule has 0 amide bonds. The number of aryl methyl sites for hydroxylation is 1. The van der Waals surface area contributed by atoms with Crippen molar-refractivity contribution in [3.8, 4) is 5.75 Å². The molecule has 3 rings (SSSR count). The molecule has 142 valence electrons. The fourth-order valence-electron chi connectivity index (χ4n) is 2.62. The first-order valence-electron chi connectivity index (χ1n) is 8.52. The molecule has 0 saturated carbocycles. The van der Waals surface area contributed by atoms with Crippen molar-refractivity contribution in [2.45, 2.75) is 26.6 Å². The van der Waals surface area contributed by atoms with Crippen LogP contribution in [0.3, 0.4) is 0 Å². The standard InChI is InChI=1S/C22H21ClFNO.ClH/c1-16-2-4-17(5-3-16)13-25-14-19-12-20(23)8-11-22(19)26-15-18-6-9-21(24)10-7-18;/h2-12,25H,13-15H2,1H3;1H. The van der Waals surface area contributed by atoms with Crippen LogP contribution in [0.2, 0.25) is 5.02 Å². The third-order valence-corrected chi connectivity index (χ3v) is 4.33. The van der Waals surface area contributed by atoms with Gasteiger partial charge in [0.25, 0.3) is 0 Å². The molecule has 0 atom stereocenters. The van der Waals surface area contributed by atoms with Gasteiger partial charge >= 0.3 is 0 Å². The van der Waals surface area contributed by atoms with Gasteiger partial charge in [-0.2, -0.15) is 0 Å². The van der Waals surface area contributed by atoms with Crippen molar-refractivity contribution in [2.24, 2.45) is 0 Å². The first kappa shape index (κ1) is 21.2. The zero-order chi connectivity index (χ0) is 18.4. The molecule has 0 aliphatic carbocycles. The number of rotatable bonds is 7. The minimum atomic E-state index is -0.249. The van der Waals surface area contributed by atoms with Gasteiger partial charge in [0.1, 0.15) is 18.2 Å². The third kappa shape index (κ3) is 6.55. The highest BCUT2D eigenvalue weighted by Gasteiger charge is 2.06. The lowest BCUT2D eigenvalue weighted by atomic mass is 10.1. The molecule has 0 heterocycles. The Morgan fingerprint density at radius 3 is 2.26 bits per heavy atom.